The Balaban J connectivity index is 1.56. The zero-order valence-corrected chi connectivity index (χ0v) is 14.4. The summed E-state index contributed by atoms with van der Waals surface area (Å²) in [4.78, 5) is 25.7. The van der Waals surface area contributed by atoms with Gasteiger partial charge in [0.05, 0.1) is 17.7 Å². The first kappa shape index (κ1) is 16.0. The molecule has 2 aromatic rings. The van der Waals surface area contributed by atoms with Crippen LogP contribution in [0.5, 0.6) is 5.75 Å². The van der Waals surface area contributed by atoms with Gasteiger partial charge in [0.2, 0.25) is 0 Å². The predicted octanol–water partition coefficient (Wildman–Crippen LogP) is 4.17. The minimum absolute atomic E-state index is 0.240. The van der Waals surface area contributed by atoms with Gasteiger partial charge in [-0.1, -0.05) is 39.7 Å². The Kier molecular flexibility index (Phi) is 4.68. The Labute approximate surface area is 147 Å². The molecule has 0 bridgehead atoms. The summed E-state index contributed by atoms with van der Waals surface area (Å²) < 4.78 is 6.45. The number of hydrogen-bond donors (Lipinski definition) is 0. The minimum Gasteiger partial charge on any atom is -0.493 e. The van der Waals surface area contributed by atoms with E-state index in [9.17, 15) is 9.59 Å². The molecule has 1 aliphatic rings. The predicted molar refractivity (Wildman–Crippen MR) is 91.1 cm³/mol. The number of halogens is 2. The number of imide groups is 1. The topological polar surface area (TPSA) is 46.6 Å². The number of hydrogen-bond acceptors (Lipinski definition) is 3. The van der Waals surface area contributed by atoms with Gasteiger partial charge in [0.25, 0.3) is 11.8 Å². The first-order valence-electron chi connectivity index (χ1n) is 7.10. The van der Waals surface area contributed by atoms with E-state index in [2.05, 4.69) is 15.9 Å². The van der Waals surface area contributed by atoms with Crippen LogP contribution in [0.1, 0.15) is 27.1 Å². The van der Waals surface area contributed by atoms with E-state index in [0.717, 1.165) is 4.47 Å². The molecule has 0 saturated heterocycles. The van der Waals surface area contributed by atoms with Crippen LogP contribution in [-0.2, 0) is 0 Å². The van der Waals surface area contributed by atoms with Gasteiger partial charge in [-0.2, -0.15) is 0 Å². The fourth-order valence-corrected chi connectivity index (χ4v) is 3.30. The number of fused-ring (bicyclic) bond motifs is 1. The Morgan fingerprint density at radius 1 is 1.04 bits per heavy atom. The van der Waals surface area contributed by atoms with Gasteiger partial charge in [-0.3, -0.25) is 14.5 Å². The largest absolute Gasteiger partial charge is 0.493 e. The average Bonchev–Trinajstić information content (AvgIpc) is 2.75. The third-order valence-electron chi connectivity index (χ3n) is 3.51. The molecule has 2 amide bonds. The number of amides is 2. The molecule has 0 radical (unpaired) electrons. The lowest BCUT2D eigenvalue weighted by Gasteiger charge is -2.14. The highest BCUT2D eigenvalue weighted by molar-refractivity contribution is 9.10. The molecule has 23 heavy (non-hydrogen) atoms. The van der Waals surface area contributed by atoms with Crippen molar-refractivity contribution >= 4 is 39.3 Å². The summed E-state index contributed by atoms with van der Waals surface area (Å²) in [6.45, 7) is 0.717. The molecule has 118 valence electrons. The van der Waals surface area contributed by atoms with Gasteiger partial charge in [-0.25, -0.2) is 0 Å². The van der Waals surface area contributed by atoms with E-state index >= 15 is 0 Å². The SMILES string of the molecule is O=C1c2ccccc2C(=O)N1CCCOc1cc(Cl)cc(Br)c1. The summed E-state index contributed by atoms with van der Waals surface area (Å²) >= 11 is 9.29. The molecule has 3 rings (SSSR count). The van der Waals surface area contributed by atoms with Gasteiger partial charge in [0.15, 0.2) is 0 Å². The highest BCUT2D eigenvalue weighted by atomic mass is 79.9. The second kappa shape index (κ2) is 6.72. The van der Waals surface area contributed by atoms with Gasteiger partial charge in [-0.15, -0.1) is 0 Å². The van der Waals surface area contributed by atoms with Crippen molar-refractivity contribution in [3.05, 3.63) is 63.1 Å². The zero-order chi connectivity index (χ0) is 16.4. The highest BCUT2D eigenvalue weighted by Crippen LogP contribution is 2.25. The van der Waals surface area contributed by atoms with Crippen molar-refractivity contribution in [2.24, 2.45) is 0 Å². The molecule has 0 fully saturated rings. The zero-order valence-electron chi connectivity index (χ0n) is 12.1. The van der Waals surface area contributed by atoms with Crippen molar-refractivity contribution in [3.8, 4) is 5.75 Å². The second-order valence-corrected chi connectivity index (χ2v) is 6.47. The maximum absolute atomic E-state index is 12.2. The van der Waals surface area contributed by atoms with Crippen LogP contribution in [0.2, 0.25) is 5.02 Å². The van der Waals surface area contributed by atoms with Crippen LogP contribution in [0.25, 0.3) is 0 Å². The van der Waals surface area contributed by atoms with Crippen LogP contribution in [0, 0.1) is 0 Å². The fraction of sp³-hybridized carbons (Fsp3) is 0.176. The van der Waals surface area contributed by atoms with Crippen LogP contribution in [0.15, 0.2) is 46.9 Å². The number of carbonyl (C=O) groups excluding carboxylic acids is 2. The summed E-state index contributed by atoms with van der Waals surface area (Å²) in [5.74, 6) is 0.166. The lowest BCUT2D eigenvalue weighted by molar-refractivity contribution is 0.0647. The maximum atomic E-state index is 12.2. The third-order valence-corrected chi connectivity index (χ3v) is 4.19. The van der Waals surface area contributed by atoms with Crippen molar-refractivity contribution in [1.82, 2.24) is 4.90 Å². The molecular formula is C17H13BrClNO3. The first-order chi connectivity index (χ1) is 11.1. The monoisotopic (exact) mass is 393 g/mol. The quantitative estimate of drug-likeness (QED) is 0.565. The van der Waals surface area contributed by atoms with Crippen molar-refractivity contribution in [3.63, 3.8) is 0 Å². The van der Waals surface area contributed by atoms with E-state index in [4.69, 9.17) is 16.3 Å². The summed E-state index contributed by atoms with van der Waals surface area (Å²) in [6.07, 6.45) is 0.551. The van der Waals surface area contributed by atoms with Gasteiger partial charge in [-0.05, 0) is 36.8 Å². The molecule has 1 heterocycles. The van der Waals surface area contributed by atoms with Crippen LogP contribution in [0.4, 0.5) is 0 Å². The van der Waals surface area contributed by atoms with E-state index in [1.807, 2.05) is 6.07 Å². The van der Waals surface area contributed by atoms with Gasteiger partial charge in [0.1, 0.15) is 5.75 Å². The van der Waals surface area contributed by atoms with Gasteiger partial charge in [0, 0.05) is 16.0 Å². The number of benzene rings is 2. The second-order valence-electron chi connectivity index (χ2n) is 5.11. The maximum Gasteiger partial charge on any atom is 0.261 e. The summed E-state index contributed by atoms with van der Waals surface area (Å²) in [7, 11) is 0. The Morgan fingerprint density at radius 2 is 1.70 bits per heavy atom. The molecule has 6 heteroatoms. The summed E-state index contributed by atoms with van der Waals surface area (Å²) in [5.41, 5.74) is 0.939. The Bertz CT molecular complexity index is 723. The molecule has 0 N–H and O–H groups in total. The minimum atomic E-state index is -0.240. The van der Waals surface area contributed by atoms with E-state index < -0.39 is 0 Å². The van der Waals surface area contributed by atoms with E-state index in [0.29, 0.717) is 41.5 Å². The number of rotatable bonds is 5. The van der Waals surface area contributed by atoms with Crippen LogP contribution < -0.4 is 4.74 Å². The normalized spacial score (nSPS) is 13.4. The molecule has 0 saturated carbocycles. The average molecular weight is 395 g/mol. The lowest BCUT2D eigenvalue weighted by Crippen LogP contribution is -2.31. The molecule has 0 aliphatic carbocycles. The summed E-state index contributed by atoms with van der Waals surface area (Å²) in [6, 6.07) is 12.2. The van der Waals surface area contributed by atoms with E-state index in [1.54, 1.807) is 36.4 Å². The van der Waals surface area contributed by atoms with Crippen LogP contribution in [-0.4, -0.2) is 29.9 Å². The van der Waals surface area contributed by atoms with Crippen LogP contribution >= 0.6 is 27.5 Å². The molecular weight excluding hydrogens is 382 g/mol. The number of carbonyl (C=O) groups is 2. The Morgan fingerprint density at radius 3 is 2.30 bits per heavy atom. The molecule has 0 spiro atoms. The van der Waals surface area contributed by atoms with Crippen molar-refractivity contribution < 1.29 is 14.3 Å². The highest BCUT2D eigenvalue weighted by Gasteiger charge is 2.34. The first-order valence-corrected chi connectivity index (χ1v) is 8.27. The molecule has 4 nitrogen and oxygen atoms in total. The lowest BCUT2D eigenvalue weighted by atomic mass is 10.1. The van der Waals surface area contributed by atoms with Gasteiger partial charge >= 0.3 is 0 Å². The van der Waals surface area contributed by atoms with Crippen LogP contribution in [0.3, 0.4) is 0 Å². The van der Waals surface area contributed by atoms with E-state index in [1.165, 1.54) is 4.90 Å². The number of ether oxygens (including phenoxy) is 1. The van der Waals surface area contributed by atoms with Gasteiger partial charge < -0.3 is 4.74 Å². The number of nitrogens with zero attached hydrogens (tertiary/aromatic N) is 1. The Hall–Kier alpha value is -1.85. The molecule has 2 aromatic carbocycles. The molecule has 0 atom stereocenters. The summed E-state index contributed by atoms with van der Waals surface area (Å²) in [5, 5.41) is 0.578. The van der Waals surface area contributed by atoms with Crippen molar-refractivity contribution in [1.29, 1.82) is 0 Å². The standard InChI is InChI=1S/C17H13BrClNO3/c18-11-8-12(19)10-13(9-11)23-7-3-6-20-16(21)14-4-1-2-5-15(14)17(20)22/h1-2,4-5,8-10H,3,6-7H2. The fourth-order valence-electron chi connectivity index (χ4n) is 2.47. The van der Waals surface area contributed by atoms with Crippen molar-refractivity contribution in [2.75, 3.05) is 13.2 Å². The third kappa shape index (κ3) is 3.41. The molecule has 0 unspecified atom stereocenters. The smallest absolute Gasteiger partial charge is 0.261 e. The van der Waals surface area contributed by atoms with Crippen molar-refractivity contribution in [2.45, 2.75) is 6.42 Å². The molecule has 1 aliphatic heterocycles. The molecule has 0 aromatic heterocycles. The van der Waals surface area contributed by atoms with E-state index in [-0.39, 0.29) is 11.8 Å².